The zero-order valence-electron chi connectivity index (χ0n) is 14.5. The zero-order valence-corrected chi connectivity index (χ0v) is 14.5. The molecule has 4 unspecified atom stereocenters. The van der Waals surface area contributed by atoms with Crippen LogP contribution in [0, 0.1) is 62.0 Å². The first-order valence-corrected chi connectivity index (χ1v) is 8.95. The standard InChI is InChI=1S/C20H17FN4O2/c21-14-7-4-3-6-13(14)16-18(10-22,11-23)19(12-24)15-8-2-1-5-9-20(15,26-16)27-17(19)25/h3-4,6-7,15-16,25H,1-2,5,8-9H2. The van der Waals surface area contributed by atoms with Gasteiger partial charge in [-0.05, 0) is 18.9 Å². The molecule has 27 heavy (non-hydrogen) atoms. The Labute approximate surface area is 156 Å². The molecule has 3 aliphatic rings. The highest BCUT2D eigenvalue weighted by molar-refractivity contribution is 5.89. The Morgan fingerprint density at radius 1 is 1.07 bits per heavy atom. The first kappa shape index (κ1) is 17.5. The number of nitriles is 3. The highest BCUT2D eigenvalue weighted by Gasteiger charge is 2.80. The monoisotopic (exact) mass is 364 g/mol. The molecule has 2 heterocycles. The molecule has 2 saturated heterocycles. The summed E-state index contributed by atoms with van der Waals surface area (Å²) in [5.41, 5.74) is -3.86. The number of nitrogens with one attached hydrogen (secondary N) is 1. The van der Waals surface area contributed by atoms with Gasteiger partial charge < -0.3 is 9.47 Å². The second-order valence-corrected chi connectivity index (χ2v) is 7.37. The maximum Gasteiger partial charge on any atom is 0.217 e. The van der Waals surface area contributed by atoms with Crippen molar-refractivity contribution in [2.24, 2.45) is 16.7 Å². The molecule has 1 aromatic carbocycles. The molecule has 7 heteroatoms. The third-order valence-corrected chi connectivity index (χ3v) is 6.25. The highest BCUT2D eigenvalue weighted by atomic mass is 19.1. The summed E-state index contributed by atoms with van der Waals surface area (Å²) >= 11 is 0. The van der Waals surface area contributed by atoms with Gasteiger partial charge in [0.2, 0.25) is 17.1 Å². The summed E-state index contributed by atoms with van der Waals surface area (Å²) in [6.07, 6.45) is 2.06. The van der Waals surface area contributed by atoms with E-state index in [0.717, 1.165) is 19.3 Å². The van der Waals surface area contributed by atoms with Crippen LogP contribution >= 0.6 is 0 Å². The Hall–Kier alpha value is -2.95. The Morgan fingerprint density at radius 2 is 1.81 bits per heavy atom. The van der Waals surface area contributed by atoms with Crippen LogP contribution < -0.4 is 0 Å². The van der Waals surface area contributed by atoms with Crippen molar-refractivity contribution in [3.63, 3.8) is 0 Å². The van der Waals surface area contributed by atoms with Crippen molar-refractivity contribution in [2.45, 2.75) is 44.0 Å². The number of rotatable bonds is 1. The molecule has 0 aromatic heterocycles. The number of hydrogen-bond donors (Lipinski definition) is 1. The van der Waals surface area contributed by atoms with Gasteiger partial charge in [-0.15, -0.1) is 0 Å². The lowest BCUT2D eigenvalue weighted by molar-refractivity contribution is -0.285. The maximum absolute atomic E-state index is 14.6. The van der Waals surface area contributed by atoms with Crippen LogP contribution in [0.5, 0.6) is 0 Å². The van der Waals surface area contributed by atoms with Gasteiger partial charge in [0.25, 0.3) is 0 Å². The quantitative estimate of drug-likeness (QED) is 0.815. The van der Waals surface area contributed by atoms with Crippen LogP contribution in [-0.4, -0.2) is 11.7 Å². The van der Waals surface area contributed by atoms with E-state index < -0.39 is 40.4 Å². The van der Waals surface area contributed by atoms with Crippen molar-refractivity contribution in [3.8, 4) is 18.2 Å². The van der Waals surface area contributed by atoms with E-state index in [0.29, 0.717) is 12.8 Å². The SMILES string of the molecule is N#CC1(C#N)C(c2ccccc2F)OC23CCCCCC2C1(C#N)C(=N)O3. The summed E-state index contributed by atoms with van der Waals surface area (Å²) in [6.45, 7) is 0. The molecule has 1 aromatic rings. The minimum absolute atomic E-state index is 0.0283. The summed E-state index contributed by atoms with van der Waals surface area (Å²) in [7, 11) is 0. The molecule has 1 N–H and O–H groups in total. The fraction of sp³-hybridized carbons (Fsp3) is 0.500. The van der Waals surface area contributed by atoms with Gasteiger partial charge in [-0.3, -0.25) is 5.41 Å². The average molecular weight is 364 g/mol. The number of ether oxygens (including phenoxy) is 2. The van der Waals surface area contributed by atoms with Gasteiger partial charge in [-0.2, -0.15) is 15.8 Å². The van der Waals surface area contributed by atoms with Gasteiger partial charge in [-0.25, -0.2) is 4.39 Å². The third-order valence-electron chi connectivity index (χ3n) is 6.25. The lowest BCUT2D eigenvalue weighted by atomic mass is 9.52. The average Bonchev–Trinajstić information content (AvgIpc) is 2.81. The summed E-state index contributed by atoms with van der Waals surface area (Å²) in [5.74, 6) is -2.95. The summed E-state index contributed by atoms with van der Waals surface area (Å²) in [6, 6.07) is 11.8. The molecule has 6 nitrogen and oxygen atoms in total. The van der Waals surface area contributed by atoms with Crippen LogP contribution in [0.4, 0.5) is 4.39 Å². The second kappa shape index (κ2) is 5.78. The smallest absolute Gasteiger partial charge is 0.217 e. The molecule has 136 valence electrons. The fourth-order valence-corrected chi connectivity index (χ4v) is 5.00. The van der Waals surface area contributed by atoms with Crippen LogP contribution in [0.1, 0.15) is 43.8 Å². The largest absolute Gasteiger partial charge is 0.447 e. The number of benzene rings is 1. The van der Waals surface area contributed by atoms with E-state index in [1.807, 2.05) is 12.1 Å². The third kappa shape index (κ3) is 1.91. The molecule has 4 rings (SSSR count). The van der Waals surface area contributed by atoms with Gasteiger partial charge in [-0.1, -0.05) is 31.0 Å². The molecule has 0 amide bonds. The van der Waals surface area contributed by atoms with Crippen LogP contribution in [0.2, 0.25) is 0 Å². The fourth-order valence-electron chi connectivity index (χ4n) is 5.00. The van der Waals surface area contributed by atoms with E-state index in [9.17, 15) is 20.2 Å². The number of halogens is 1. The second-order valence-electron chi connectivity index (χ2n) is 7.37. The molecule has 2 aliphatic heterocycles. The van der Waals surface area contributed by atoms with E-state index in [1.54, 1.807) is 6.07 Å². The molecular weight excluding hydrogens is 347 g/mol. The maximum atomic E-state index is 14.6. The Morgan fingerprint density at radius 3 is 2.48 bits per heavy atom. The highest BCUT2D eigenvalue weighted by Crippen LogP contribution is 2.69. The van der Waals surface area contributed by atoms with Crippen molar-refractivity contribution in [2.75, 3.05) is 0 Å². The summed E-state index contributed by atoms with van der Waals surface area (Å²) in [4.78, 5) is 0. The first-order chi connectivity index (χ1) is 13.0. The van der Waals surface area contributed by atoms with Crippen molar-refractivity contribution in [1.29, 1.82) is 21.2 Å². The van der Waals surface area contributed by atoms with E-state index in [-0.39, 0.29) is 5.56 Å². The van der Waals surface area contributed by atoms with Gasteiger partial charge in [0.1, 0.15) is 11.9 Å². The molecule has 1 aliphatic carbocycles. The first-order valence-electron chi connectivity index (χ1n) is 8.95. The molecule has 0 spiro atoms. The van der Waals surface area contributed by atoms with Crippen molar-refractivity contribution in [3.05, 3.63) is 35.6 Å². The molecule has 3 fully saturated rings. The van der Waals surface area contributed by atoms with Crippen LogP contribution in [0.25, 0.3) is 0 Å². The van der Waals surface area contributed by atoms with E-state index in [1.165, 1.54) is 18.2 Å². The van der Waals surface area contributed by atoms with Gasteiger partial charge in [0, 0.05) is 12.0 Å². The van der Waals surface area contributed by atoms with Crippen molar-refractivity contribution < 1.29 is 13.9 Å². The van der Waals surface area contributed by atoms with E-state index in [2.05, 4.69) is 6.07 Å². The van der Waals surface area contributed by atoms with E-state index in [4.69, 9.17) is 14.9 Å². The predicted molar refractivity (Wildman–Crippen MR) is 90.0 cm³/mol. The topological polar surface area (TPSA) is 114 Å². The Kier molecular flexibility index (Phi) is 3.74. The molecule has 2 bridgehead atoms. The van der Waals surface area contributed by atoms with Crippen LogP contribution in [-0.2, 0) is 9.47 Å². The van der Waals surface area contributed by atoms with Crippen molar-refractivity contribution >= 4 is 5.90 Å². The van der Waals surface area contributed by atoms with Gasteiger partial charge in [0.05, 0.1) is 24.1 Å². The Balaban J connectivity index is 2.03. The minimum Gasteiger partial charge on any atom is -0.447 e. The molecular formula is C20H17FN4O2. The predicted octanol–water partition coefficient (Wildman–Crippen LogP) is 3.72. The molecule has 1 saturated carbocycles. The van der Waals surface area contributed by atoms with E-state index >= 15 is 0 Å². The van der Waals surface area contributed by atoms with Gasteiger partial charge in [0.15, 0.2) is 5.41 Å². The normalized spacial score (nSPS) is 36.3. The summed E-state index contributed by atoms with van der Waals surface area (Å²) < 4.78 is 26.6. The van der Waals surface area contributed by atoms with Crippen LogP contribution in [0.3, 0.4) is 0 Å². The zero-order chi connectivity index (χ0) is 19.3. The molecule has 0 radical (unpaired) electrons. The number of nitrogens with zero attached hydrogens (tertiary/aromatic N) is 3. The van der Waals surface area contributed by atoms with Crippen LogP contribution in [0.15, 0.2) is 24.3 Å². The minimum atomic E-state index is -2.09. The summed E-state index contributed by atoms with van der Waals surface area (Å²) in [5, 5.41) is 38.8. The van der Waals surface area contributed by atoms with Gasteiger partial charge >= 0.3 is 0 Å². The lowest BCUT2D eigenvalue weighted by Gasteiger charge is -2.49. The number of hydrogen-bond acceptors (Lipinski definition) is 6. The Bertz CT molecular complexity index is 929. The lowest BCUT2D eigenvalue weighted by Crippen LogP contribution is -2.59. The molecule has 4 atom stereocenters. The van der Waals surface area contributed by atoms with Crippen molar-refractivity contribution in [1.82, 2.24) is 0 Å².